The van der Waals surface area contributed by atoms with Crippen molar-refractivity contribution < 1.29 is 27.4 Å². The lowest BCUT2D eigenvalue weighted by atomic mass is 9.84. The number of fused-ring (bicyclic) bond motifs is 1. The van der Waals surface area contributed by atoms with Crippen LogP contribution in [0.1, 0.15) is 34.3 Å². The number of hydrogen-bond acceptors (Lipinski definition) is 6. The second-order valence-corrected chi connectivity index (χ2v) is 7.91. The molecule has 0 spiro atoms. The lowest BCUT2D eigenvalue weighted by Crippen LogP contribution is -2.39. The molecule has 10 heteroatoms. The third-order valence-corrected chi connectivity index (χ3v) is 5.58. The molecule has 1 aliphatic rings. The lowest BCUT2D eigenvalue weighted by molar-refractivity contribution is -0.139. The highest BCUT2D eigenvalue weighted by molar-refractivity contribution is 5.94. The van der Waals surface area contributed by atoms with Gasteiger partial charge in [0.2, 0.25) is 5.88 Å². The Morgan fingerprint density at radius 1 is 1.12 bits per heavy atom. The van der Waals surface area contributed by atoms with Gasteiger partial charge in [-0.3, -0.25) is 4.79 Å². The molecule has 2 aromatic heterocycles. The van der Waals surface area contributed by atoms with E-state index in [0.29, 0.717) is 18.0 Å². The second kappa shape index (κ2) is 10.1. The normalized spacial score (nSPS) is 15.4. The molecular formula is C24H23F3N4O3. The van der Waals surface area contributed by atoms with Gasteiger partial charge in [-0.25, -0.2) is 15.0 Å². The molecule has 1 aromatic carbocycles. The fourth-order valence-electron chi connectivity index (χ4n) is 3.88. The van der Waals surface area contributed by atoms with Crippen LogP contribution < -0.4 is 14.8 Å². The van der Waals surface area contributed by atoms with Crippen molar-refractivity contribution in [2.45, 2.75) is 37.9 Å². The maximum atomic E-state index is 12.7. The van der Waals surface area contributed by atoms with Crippen molar-refractivity contribution in [3.8, 4) is 23.0 Å². The molecule has 0 radical (unpaired) electrons. The minimum Gasteiger partial charge on any atom is -0.477 e. The zero-order chi connectivity index (χ0) is 24.1. The molecule has 0 fully saturated rings. The first kappa shape index (κ1) is 23.5. The molecule has 2 heterocycles. The van der Waals surface area contributed by atoms with Gasteiger partial charge in [-0.15, -0.1) is 0 Å². The molecule has 0 aliphatic heterocycles. The molecule has 0 unspecified atom stereocenters. The smallest absolute Gasteiger partial charge is 0.392 e. The van der Waals surface area contributed by atoms with E-state index >= 15 is 0 Å². The first-order valence-electron chi connectivity index (χ1n) is 10.8. The maximum Gasteiger partial charge on any atom is 0.392 e. The monoisotopic (exact) mass is 472 g/mol. The number of hydrogen-bond donors (Lipinski definition) is 1. The van der Waals surface area contributed by atoms with Gasteiger partial charge < -0.3 is 14.8 Å². The topological polar surface area (TPSA) is 86.2 Å². The van der Waals surface area contributed by atoms with Crippen LogP contribution in [0.4, 0.5) is 13.2 Å². The number of pyridine rings is 1. The summed E-state index contributed by atoms with van der Waals surface area (Å²) in [6, 6.07) is 9.19. The predicted molar refractivity (Wildman–Crippen MR) is 118 cm³/mol. The highest BCUT2D eigenvalue weighted by Gasteiger charge is 2.27. The number of benzene rings is 1. The van der Waals surface area contributed by atoms with Gasteiger partial charge in [0.25, 0.3) is 5.91 Å². The van der Waals surface area contributed by atoms with Crippen LogP contribution in [-0.2, 0) is 12.8 Å². The Morgan fingerprint density at radius 2 is 1.91 bits per heavy atom. The largest absolute Gasteiger partial charge is 0.477 e. The van der Waals surface area contributed by atoms with Crippen LogP contribution in [-0.4, -0.2) is 46.8 Å². The van der Waals surface area contributed by atoms with E-state index in [0.717, 1.165) is 29.5 Å². The van der Waals surface area contributed by atoms with Crippen LogP contribution in [0.3, 0.4) is 0 Å². The van der Waals surface area contributed by atoms with E-state index in [1.165, 1.54) is 31.0 Å². The maximum absolute atomic E-state index is 12.7. The Balaban J connectivity index is 1.40. The number of amides is 1. The van der Waals surface area contributed by atoms with Crippen molar-refractivity contribution >= 4 is 5.91 Å². The molecule has 0 saturated heterocycles. The van der Waals surface area contributed by atoms with Gasteiger partial charge in [-0.05, 0) is 42.0 Å². The van der Waals surface area contributed by atoms with E-state index in [4.69, 9.17) is 9.47 Å². The number of rotatable bonds is 7. The molecule has 1 atom stereocenters. The molecule has 1 aliphatic carbocycles. The third kappa shape index (κ3) is 5.81. The van der Waals surface area contributed by atoms with E-state index in [9.17, 15) is 18.0 Å². The Bertz CT molecular complexity index is 1140. The van der Waals surface area contributed by atoms with Crippen molar-refractivity contribution in [2.75, 3.05) is 13.7 Å². The number of carbonyl (C=O) groups is 1. The van der Waals surface area contributed by atoms with E-state index in [1.807, 2.05) is 12.1 Å². The van der Waals surface area contributed by atoms with Gasteiger partial charge in [0.15, 0.2) is 0 Å². The number of halogens is 3. The highest BCUT2D eigenvalue weighted by atomic mass is 19.4. The summed E-state index contributed by atoms with van der Waals surface area (Å²) >= 11 is 0. The van der Waals surface area contributed by atoms with Crippen molar-refractivity contribution in [2.24, 2.45) is 0 Å². The van der Waals surface area contributed by atoms with Gasteiger partial charge in [0.05, 0.1) is 25.7 Å². The number of nitrogens with one attached hydrogen (secondary N) is 1. The van der Waals surface area contributed by atoms with Crippen molar-refractivity contribution in [3.05, 3.63) is 65.6 Å². The Hall–Kier alpha value is -3.69. The number of ether oxygens (including phenoxy) is 2. The molecule has 178 valence electrons. The molecule has 0 saturated carbocycles. The van der Waals surface area contributed by atoms with Crippen LogP contribution in [0.5, 0.6) is 11.9 Å². The van der Waals surface area contributed by atoms with E-state index in [-0.39, 0.29) is 17.8 Å². The molecule has 4 rings (SSSR count). The summed E-state index contributed by atoms with van der Waals surface area (Å²) in [6.07, 6.45) is 1.62. The number of methoxy groups -OCH3 is 1. The Kier molecular flexibility index (Phi) is 6.95. The average Bonchev–Trinajstić information content (AvgIpc) is 2.83. The van der Waals surface area contributed by atoms with Gasteiger partial charge in [-0.2, -0.15) is 13.2 Å². The summed E-state index contributed by atoms with van der Waals surface area (Å²) in [4.78, 5) is 25.1. The molecule has 34 heavy (non-hydrogen) atoms. The van der Waals surface area contributed by atoms with Crippen molar-refractivity contribution in [1.82, 2.24) is 20.3 Å². The SMILES string of the molecule is COc1ncc(-c2cccc3c2C[C@H](NC(=O)c2ccc(OCCC(F)(F)F)nc2)CC3)cn1. The fourth-order valence-corrected chi connectivity index (χ4v) is 3.88. The minimum absolute atomic E-state index is 0.0405. The minimum atomic E-state index is -4.29. The van der Waals surface area contributed by atoms with Crippen LogP contribution in [0, 0.1) is 0 Å². The summed E-state index contributed by atoms with van der Waals surface area (Å²) < 4.78 is 46.7. The summed E-state index contributed by atoms with van der Waals surface area (Å²) in [7, 11) is 1.51. The fraction of sp³-hybridized carbons (Fsp3) is 0.333. The van der Waals surface area contributed by atoms with Crippen molar-refractivity contribution in [3.63, 3.8) is 0 Å². The van der Waals surface area contributed by atoms with E-state index < -0.39 is 19.2 Å². The Morgan fingerprint density at radius 3 is 2.59 bits per heavy atom. The first-order chi connectivity index (χ1) is 16.3. The predicted octanol–water partition coefficient (Wildman–Crippen LogP) is 4.17. The van der Waals surface area contributed by atoms with Gasteiger partial charge in [-0.1, -0.05) is 18.2 Å². The van der Waals surface area contributed by atoms with Crippen LogP contribution in [0.25, 0.3) is 11.1 Å². The number of carbonyl (C=O) groups excluding carboxylic acids is 1. The molecular weight excluding hydrogens is 449 g/mol. The number of nitrogens with zero attached hydrogens (tertiary/aromatic N) is 3. The number of alkyl halides is 3. The number of aryl methyl sites for hydroxylation is 1. The van der Waals surface area contributed by atoms with E-state index in [2.05, 4.69) is 26.3 Å². The van der Waals surface area contributed by atoms with Gasteiger partial charge >= 0.3 is 12.2 Å². The quantitative estimate of drug-likeness (QED) is 0.556. The summed E-state index contributed by atoms with van der Waals surface area (Å²) in [5.41, 5.74) is 4.56. The zero-order valence-corrected chi connectivity index (χ0v) is 18.4. The lowest BCUT2D eigenvalue weighted by Gasteiger charge is -2.27. The molecule has 0 bridgehead atoms. The highest BCUT2D eigenvalue weighted by Crippen LogP contribution is 2.31. The molecule has 1 N–H and O–H groups in total. The molecule has 3 aromatic rings. The number of aromatic nitrogens is 3. The average molecular weight is 472 g/mol. The van der Waals surface area contributed by atoms with Crippen LogP contribution in [0.15, 0.2) is 48.9 Å². The van der Waals surface area contributed by atoms with Crippen LogP contribution >= 0.6 is 0 Å². The molecule has 7 nitrogen and oxygen atoms in total. The summed E-state index contributed by atoms with van der Waals surface area (Å²) in [6.45, 7) is -0.523. The second-order valence-electron chi connectivity index (χ2n) is 7.91. The van der Waals surface area contributed by atoms with Gasteiger partial charge in [0, 0.05) is 36.3 Å². The van der Waals surface area contributed by atoms with E-state index in [1.54, 1.807) is 12.4 Å². The van der Waals surface area contributed by atoms with Crippen molar-refractivity contribution in [1.29, 1.82) is 0 Å². The summed E-state index contributed by atoms with van der Waals surface area (Å²) in [5.74, 6) is -0.258. The zero-order valence-electron chi connectivity index (χ0n) is 18.4. The third-order valence-electron chi connectivity index (χ3n) is 5.58. The van der Waals surface area contributed by atoms with Gasteiger partial charge in [0.1, 0.15) is 0 Å². The van der Waals surface area contributed by atoms with Crippen LogP contribution in [0.2, 0.25) is 0 Å². The first-order valence-corrected chi connectivity index (χ1v) is 10.8. The Labute approximate surface area is 194 Å². The standard InChI is InChI=1S/C24H23F3N4O3/c1-33-23-29-13-17(14-30-23)19-4-2-3-15-5-7-18(11-20(15)19)31-22(32)16-6-8-21(28-12-16)34-10-9-24(25,26)27/h2-4,6,8,12-14,18H,5,7,9-11H2,1H3,(H,31,32)/t18-/m1/s1. The molecule has 1 amide bonds. The summed E-state index contributed by atoms with van der Waals surface area (Å²) in [5, 5.41) is 3.04.